The minimum Gasteiger partial charge on any atom is -0.478 e. The van der Waals surface area contributed by atoms with E-state index < -0.39 is 52.3 Å². The van der Waals surface area contributed by atoms with Crippen LogP contribution in [0.4, 0.5) is 0 Å². The van der Waals surface area contributed by atoms with Gasteiger partial charge < -0.3 is 15.5 Å². The largest absolute Gasteiger partial charge is 0.478 e. The third kappa shape index (κ3) is 4.47. The first-order valence-corrected chi connectivity index (χ1v) is 6.30. The van der Waals surface area contributed by atoms with Crippen molar-refractivity contribution in [3.05, 3.63) is 34.4 Å². The number of hydrogen-bond donors (Lipinski definition) is 7. The molecule has 0 saturated heterocycles. The van der Waals surface area contributed by atoms with Crippen molar-refractivity contribution in [3.8, 4) is 0 Å². The van der Waals surface area contributed by atoms with Crippen molar-refractivity contribution in [3.63, 3.8) is 0 Å². The molecule has 0 unspecified atom stereocenters. The summed E-state index contributed by atoms with van der Waals surface area (Å²) in [6, 6.07) is 1.50. The Labute approximate surface area is 135 Å². The molecule has 1 rings (SSSR count). The molecule has 12 heteroatoms. The van der Waals surface area contributed by atoms with Crippen LogP contribution in [0, 0.1) is 0 Å². The van der Waals surface area contributed by atoms with Crippen molar-refractivity contribution in [2.75, 3.05) is 7.05 Å². The molecule has 0 atom stereocenters. The van der Waals surface area contributed by atoms with Gasteiger partial charge in [0.15, 0.2) is 0 Å². The lowest BCUT2D eigenvalue weighted by molar-refractivity contribution is 0.0672. The standard InChI is InChI=1S/C12H16N6O6/c1-18(15)17-9(20)5-3-6(10(21)22)4(2-7(5)11(23)24)8(19)16-12(13)14/h2-3,12H,13-15H2,1H3,(H,16,19)(H,17,20)(H,21,22)(H,23,24). The molecule has 0 fully saturated rings. The summed E-state index contributed by atoms with van der Waals surface area (Å²) in [5.41, 5.74) is 10.2. The maximum Gasteiger partial charge on any atom is 0.336 e. The van der Waals surface area contributed by atoms with Crippen molar-refractivity contribution in [2.45, 2.75) is 6.29 Å². The van der Waals surface area contributed by atoms with E-state index in [-0.39, 0.29) is 0 Å². The highest BCUT2D eigenvalue weighted by molar-refractivity contribution is 6.11. The average Bonchev–Trinajstić information content (AvgIpc) is 2.43. The summed E-state index contributed by atoms with van der Waals surface area (Å²) in [4.78, 5) is 46.6. The van der Waals surface area contributed by atoms with E-state index in [2.05, 4.69) is 5.43 Å². The lowest BCUT2D eigenvalue weighted by Gasteiger charge is -2.16. The monoisotopic (exact) mass is 340 g/mol. The molecule has 0 aliphatic heterocycles. The first-order valence-electron chi connectivity index (χ1n) is 6.30. The molecule has 0 radical (unpaired) electrons. The number of carboxylic acid groups (broad SMARTS) is 2. The molecule has 0 bridgehead atoms. The minimum absolute atomic E-state index is 0.495. The highest BCUT2D eigenvalue weighted by atomic mass is 16.4. The number of rotatable bonds is 6. The Hall–Kier alpha value is -3.06. The number of nitrogens with two attached hydrogens (primary N) is 3. The van der Waals surface area contributed by atoms with Crippen molar-refractivity contribution in [1.82, 2.24) is 15.9 Å². The Kier molecular flexibility index (Phi) is 5.91. The van der Waals surface area contributed by atoms with E-state index in [1.807, 2.05) is 5.32 Å². The Balaban J connectivity index is 3.55. The molecule has 24 heavy (non-hydrogen) atoms. The van der Waals surface area contributed by atoms with Crippen molar-refractivity contribution in [1.29, 1.82) is 0 Å². The molecule has 0 spiro atoms. The first kappa shape index (κ1) is 19.0. The fraction of sp³-hybridized carbons (Fsp3) is 0.167. The Bertz CT molecular complexity index is 642. The Morgan fingerprint density at radius 1 is 0.958 bits per heavy atom. The number of nitrogens with zero attached hydrogens (tertiary/aromatic N) is 1. The van der Waals surface area contributed by atoms with Crippen LogP contribution < -0.4 is 28.1 Å². The van der Waals surface area contributed by atoms with Gasteiger partial charge in [-0.05, 0) is 12.1 Å². The SMILES string of the molecule is CN(N)NC(=O)c1cc(C(=O)O)c(C(=O)NC(N)N)cc1C(=O)O. The highest BCUT2D eigenvalue weighted by Crippen LogP contribution is 2.18. The predicted octanol–water partition coefficient (Wildman–Crippen LogP) is -2.54. The molecule has 10 N–H and O–H groups in total. The average molecular weight is 340 g/mol. The molecule has 130 valence electrons. The summed E-state index contributed by atoms with van der Waals surface area (Å²) < 4.78 is 0. The zero-order valence-electron chi connectivity index (χ0n) is 12.4. The quantitative estimate of drug-likeness (QED) is 0.164. The van der Waals surface area contributed by atoms with E-state index in [4.69, 9.17) is 17.3 Å². The van der Waals surface area contributed by atoms with Gasteiger partial charge in [0.1, 0.15) is 6.29 Å². The summed E-state index contributed by atoms with van der Waals surface area (Å²) in [6.45, 7) is 0. The second-order valence-corrected chi connectivity index (χ2v) is 4.60. The number of aromatic carboxylic acids is 2. The summed E-state index contributed by atoms with van der Waals surface area (Å²) in [5.74, 6) is 0.146. The molecule has 1 aromatic carbocycles. The number of carboxylic acids is 2. The zero-order valence-corrected chi connectivity index (χ0v) is 12.4. The molecule has 12 nitrogen and oxygen atoms in total. The Morgan fingerprint density at radius 2 is 1.38 bits per heavy atom. The van der Waals surface area contributed by atoms with Gasteiger partial charge in [0.05, 0.1) is 22.3 Å². The van der Waals surface area contributed by atoms with Crippen LogP contribution in [0.2, 0.25) is 0 Å². The van der Waals surface area contributed by atoms with Gasteiger partial charge in [-0.2, -0.15) is 5.12 Å². The van der Waals surface area contributed by atoms with Gasteiger partial charge in [-0.25, -0.2) is 9.59 Å². The maximum atomic E-state index is 12.0. The van der Waals surface area contributed by atoms with Crippen LogP contribution in [0.3, 0.4) is 0 Å². The van der Waals surface area contributed by atoms with Crippen LogP contribution in [0.15, 0.2) is 12.1 Å². The van der Waals surface area contributed by atoms with E-state index >= 15 is 0 Å². The third-order valence-corrected chi connectivity index (χ3v) is 2.68. The van der Waals surface area contributed by atoms with E-state index in [9.17, 15) is 29.4 Å². The van der Waals surface area contributed by atoms with Crippen LogP contribution >= 0.6 is 0 Å². The fourth-order valence-electron chi connectivity index (χ4n) is 1.78. The number of amides is 2. The lowest BCUT2D eigenvalue weighted by Crippen LogP contribution is -2.48. The second-order valence-electron chi connectivity index (χ2n) is 4.60. The lowest BCUT2D eigenvalue weighted by atomic mass is 9.97. The molecule has 0 aromatic heterocycles. The van der Waals surface area contributed by atoms with Gasteiger partial charge in [0.25, 0.3) is 11.8 Å². The number of benzene rings is 1. The van der Waals surface area contributed by atoms with E-state index in [1.54, 1.807) is 0 Å². The molecular weight excluding hydrogens is 324 g/mol. The number of carbonyl (C=O) groups excluding carboxylic acids is 2. The molecule has 0 aliphatic rings. The van der Waals surface area contributed by atoms with Crippen molar-refractivity contribution < 1.29 is 29.4 Å². The summed E-state index contributed by atoms with van der Waals surface area (Å²) in [7, 11) is 1.26. The van der Waals surface area contributed by atoms with Gasteiger partial charge in [0.2, 0.25) is 0 Å². The smallest absolute Gasteiger partial charge is 0.336 e. The molecule has 0 saturated carbocycles. The number of hydrazine groups is 2. The van der Waals surface area contributed by atoms with E-state index in [0.717, 1.165) is 17.3 Å². The first-order chi connectivity index (χ1) is 11.0. The summed E-state index contributed by atoms with van der Waals surface area (Å²) in [5, 5.41) is 21.2. The van der Waals surface area contributed by atoms with Crippen LogP contribution in [0.1, 0.15) is 41.4 Å². The van der Waals surface area contributed by atoms with Gasteiger partial charge in [-0.3, -0.25) is 32.3 Å². The van der Waals surface area contributed by atoms with E-state index in [1.165, 1.54) is 7.05 Å². The molecule has 0 aliphatic carbocycles. The van der Waals surface area contributed by atoms with Crippen LogP contribution in [-0.2, 0) is 0 Å². The van der Waals surface area contributed by atoms with Gasteiger partial charge >= 0.3 is 11.9 Å². The van der Waals surface area contributed by atoms with Crippen LogP contribution in [-0.4, -0.2) is 52.4 Å². The van der Waals surface area contributed by atoms with Crippen LogP contribution in [0.5, 0.6) is 0 Å². The topological polar surface area (TPSA) is 214 Å². The zero-order chi connectivity index (χ0) is 18.6. The van der Waals surface area contributed by atoms with Gasteiger partial charge in [-0.15, -0.1) is 0 Å². The predicted molar refractivity (Wildman–Crippen MR) is 79.4 cm³/mol. The maximum absolute atomic E-state index is 12.0. The Morgan fingerprint density at radius 3 is 1.71 bits per heavy atom. The van der Waals surface area contributed by atoms with Crippen molar-refractivity contribution >= 4 is 23.8 Å². The number of nitrogens with one attached hydrogen (secondary N) is 2. The summed E-state index contributed by atoms with van der Waals surface area (Å²) in [6.07, 6.45) is -1.29. The number of hydrogen-bond acceptors (Lipinski definition) is 8. The molecule has 0 heterocycles. The normalized spacial score (nSPS) is 10.6. The number of carbonyl (C=O) groups is 4. The summed E-state index contributed by atoms with van der Waals surface area (Å²) >= 11 is 0. The van der Waals surface area contributed by atoms with Gasteiger partial charge in [0, 0.05) is 7.05 Å². The highest BCUT2D eigenvalue weighted by Gasteiger charge is 2.26. The fourth-order valence-corrected chi connectivity index (χ4v) is 1.78. The second kappa shape index (κ2) is 7.47. The van der Waals surface area contributed by atoms with Crippen LogP contribution in [0.25, 0.3) is 0 Å². The van der Waals surface area contributed by atoms with Crippen molar-refractivity contribution in [2.24, 2.45) is 17.3 Å². The molecule has 1 aromatic rings. The molecule has 2 amide bonds. The van der Waals surface area contributed by atoms with E-state index in [0.29, 0.717) is 0 Å². The third-order valence-electron chi connectivity index (χ3n) is 2.68. The van der Waals surface area contributed by atoms with Gasteiger partial charge in [-0.1, -0.05) is 0 Å². The molecular formula is C12H16N6O6. The minimum atomic E-state index is -1.56.